The normalized spacial score (nSPS) is 13.4. The molecule has 0 atom stereocenters. The summed E-state index contributed by atoms with van der Waals surface area (Å²) in [7, 11) is 4.64. The molecule has 0 saturated carbocycles. The van der Waals surface area contributed by atoms with E-state index in [0.29, 0.717) is 0 Å². The van der Waals surface area contributed by atoms with Gasteiger partial charge in [-0.2, -0.15) is 0 Å². The van der Waals surface area contributed by atoms with Gasteiger partial charge in [0.05, 0.1) is 0 Å². The van der Waals surface area contributed by atoms with Gasteiger partial charge in [0.2, 0.25) is 0 Å². The third kappa shape index (κ3) is 6.17. The first-order chi connectivity index (χ1) is 3.31. The third-order valence-corrected chi connectivity index (χ3v) is 2.34. The van der Waals surface area contributed by atoms with Gasteiger partial charge < -0.3 is 0 Å². The fourth-order valence-electron chi connectivity index (χ4n) is 0.212. The SMILES string of the molecule is C=C[CH2][V](=[O])(=[O])([OH])[Cl]. The summed E-state index contributed by atoms with van der Waals surface area (Å²) in [6.45, 7) is 3.09. The summed E-state index contributed by atoms with van der Waals surface area (Å²) >= 11 is -5.72. The van der Waals surface area contributed by atoms with E-state index in [0.717, 1.165) is 6.08 Å². The van der Waals surface area contributed by atoms with Crippen LogP contribution in [0.3, 0.4) is 0 Å². The number of hydrogen-bond acceptors (Lipinski definition) is 2. The van der Waals surface area contributed by atoms with Gasteiger partial charge >= 0.3 is 51.2 Å². The number of rotatable bonds is 2. The predicted octanol–water partition coefficient (Wildman–Crippen LogP) is 1.03. The predicted molar refractivity (Wildman–Crippen MR) is 24.4 cm³/mol. The Morgan fingerprint density at radius 1 is 1.75 bits per heavy atom. The topological polar surface area (TPSA) is 54.4 Å². The van der Waals surface area contributed by atoms with E-state index >= 15 is 0 Å². The fourth-order valence-corrected chi connectivity index (χ4v) is 1.28. The quantitative estimate of drug-likeness (QED) is 0.640. The fraction of sp³-hybridized carbons (Fsp3) is 0.333. The van der Waals surface area contributed by atoms with Crippen molar-refractivity contribution < 1.29 is 23.6 Å². The van der Waals surface area contributed by atoms with Crippen molar-refractivity contribution in [3.8, 4) is 0 Å². The summed E-state index contributed by atoms with van der Waals surface area (Å²) in [5.74, 6) is 0. The Bertz CT molecular complexity index is 201. The average Bonchev–Trinajstić information content (AvgIpc) is 1.25. The third-order valence-electron chi connectivity index (χ3n) is 0.429. The Labute approximate surface area is 51.6 Å². The van der Waals surface area contributed by atoms with Crippen molar-refractivity contribution >= 4 is 9.85 Å². The van der Waals surface area contributed by atoms with Crippen LogP contribution in [0, 0.1) is 0 Å². The van der Waals surface area contributed by atoms with E-state index in [9.17, 15) is 7.35 Å². The zero-order valence-electron chi connectivity index (χ0n) is 4.08. The minimum absolute atomic E-state index is 0.542. The first kappa shape index (κ1) is 8.17. The molecule has 5 heteroatoms. The summed E-state index contributed by atoms with van der Waals surface area (Å²) in [6.07, 6.45) is 1.04. The van der Waals surface area contributed by atoms with Gasteiger partial charge in [-0.25, -0.2) is 0 Å². The summed E-state index contributed by atoms with van der Waals surface area (Å²) in [5, 5.41) is -0.542. The Morgan fingerprint density at radius 3 is 2.12 bits per heavy atom. The molecule has 0 spiro atoms. The minimum atomic E-state index is -5.72. The summed E-state index contributed by atoms with van der Waals surface area (Å²) < 4.78 is 28.6. The summed E-state index contributed by atoms with van der Waals surface area (Å²) in [4.78, 5) is 0. The standard InChI is InChI=1S/C3H5.ClH.H2O.2O.V/c1-3-2;;;;;/h3H,1-2H2;1H;1H2;;;/q;;;;;+2/p-2. The van der Waals surface area contributed by atoms with Crippen molar-refractivity contribution in [1.82, 2.24) is 0 Å². The summed E-state index contributed by atoms with van der Waals surface area (Å²) in [5.41, 5.74) is 0. The molecule has 0 aromatic heterocycles. The van der Waals surface area contributed by atoms with Crippen LogP contribution >= 0.6 is 9.85 Å². The Balaban J connectivity index is 4.42. The molecule has 0 aromatic rings. The molecule has 8 heavy (non-hydrogen) atoms. The van der Waals surface area contributed by atoms with Gasteiger partial charge in [-0.15, -0.1) is 0 Å². The molecule has 0 radical (unpaired) electrons. The van der Waals surface area contributed by atoms with Crippen LogP contribution in [0.15, 0.2) is 12.7 Å². The van der Waals surface area contributed by atoms with Crippen LogP contribution in [0.4, 0.5) is 0 Å². The molecule has 0 aromatic carbocycles. The Kier molecular flexibility index (Phi) is 1.89. The first-order valence-corrected chi connectivity index (χ1v) is 6.54. The number of allylic oxidation sites excluding steroid dienone is 1. The van der Waals surface area contributed by atoms with Crippen molar-refractivity contribution in [3.63, 3.8) is 0 Å². The number of halogens is 1. The molecule has 0 heterocycles. The monoisotopic (exact) mass is 176 g/mol. The second-order valence-electron chi connectivity index (χ2n) is 1.44. The molecule has 3 nitrogen and oxygen atoms in total. The van der Waals surface area contributed by atoms with Crippen LogP contribution in [-0.4, -0.2) is 4.03 Å². The maximum atomic E-state index is 10.2. The molecule has 0 aliphatic rings. The van der Waals surface area contributed by atoms with E-state index in [-0.39, 0.29) is 0 Å². The van der Waals surface area contributed by atoms with Gasteiger partial charge in [-0.3, -0.25) is 0 Å². The van der Waals surface area contributed by atoms with Crippen molar-refractivity contribution in [2.24, 2.45) is 0 Å². The molecule has 48 valence electrons. The molecule has 0 saturated heterocycles. The molecule has 0 unspecified atom stereocenters. The van der Waals surface area contributed by atoms with Gasteiger partial charge in [0, 0.05) is 0 Å². The van der Waals surface area contributed by atoms with E-state index < -0.39 is 17.3 Å². The molecule has 0 rings (SSSR count). The van der Waals surface area contributed by atoms with Crippen LogP contribution < -0.4 is 0 Å². The van der Waals surface area contributed by atoms with Gasteiger partial charge in [0.25, 0.3) is 0 Å². The van der Waals surface area contributed by atoms with Crippen molar-refractivity contribution in [3.05, 3.63) is 12.7 Å². The molecule has 0 bridgehead atoms. The maximum absolute atomic E-state index is 10.2. The van der Waals surface area contributed by atoms with E-state index in [4.69, 9.17) is 4.03 Å². The van der Waals surface area contributed by atoms with Crippen LogP contribution in [0.1, 0.15) is 0 Å². The van der Waals surface area contributed by atoms with Crippen LogP contribution in [-0.2, 0) is 19.5 Å². The number of hydrogen-bond donors (Lipinski definition) is 1. The van der Waals surface area contributed by atoms with Crippen LogP contribution in [0.5, 0.6) is 0 Å². The second-order valence-corrected chi connectivity index (χ2v) is 7.79. The van der Waals surface area contributed by atoms with Crippen molar-refractivity contribution in [1.29, 1.82) is 0 Å². The zero-order chi connectivity index (χ0) is 6.86. The van der Waals surface area contributed by atoms with E-state index in [1.807, 2.05) is 0 Å². The Morgan fingerprint density at radius 2 is 2.12 bits per heavy atom. The van der Waals surface area contributed by atoms with Gasteiger partial charge in [-0.1, -0.05) is 0 Å². The first-order valence-electron chi connectivity index (χ1n) is 1.87. The van der Waals surface area contributed by atoms with E-state index in [1.54, 1.807) is 0 Å². The molecule has 0 aliphatic heterocycles. The second kappa shape index (κ2) is 1.85. The van der Waals surface area contributed by atoms with E-state index in [2.05, 4.69) is 16.4 Å². The average molecular weight is 176 g/mol. The van der Waals surface area contributed by atoms with E-state index in [1.165, 1.54) is 0 Å². The van der Waals surface area contributed by atoms with Crippen molar-refractivity contribution in [2.45, 2.75) is 5.13 Å². The van der Waals surface area contributed by atoms with Crippen molar-refractivity contribution in [2.75, 3.05) is 0 Å². The van der Waals surface area contributed by atoms with Crippen LogP contribution in [0.25, 0.3) is 0 Å². The molecule has 0 fully saturated rings. The van der Waals surface area contributed by atoms with Gasteiger partial charge in [0.1, 0.15) is 0 Å². The molecular weight excluding hydrogens is 170 g/mol. The Hall–Kier alpha value is 0.174. The molecule has 0 aliphatic carbocycles. The molecule has 1 N–H and O–H groups in total. The summed E-state index contributed by atoms with van der Waals surface area (Å²) in [6, 6.07) is 0. The van der Waals surface area contributed by atoms with Gasteiger partial charge in [-0.05, 0) is 0 Å². The van der Waals surface area contributed by atoms with Gasteiger partial charge in [0.15, 0.2) is 0 Å². The molecule has 0 amide bonds. The molecular formula is C3H6ClO3V. The van der Waals surface area contributed by atoms with Crippen LogP contribution in [0.2, 0.25) is 5.13 Å². The zero-order valence-corrected chi connectivity index (χ0v) is 6.23.